The summed E-state index contributed by atoms with van der Waals surface area (Å²) in [4.78, 5) is 35.9. The Morgan fingerprint density at radius 2 is 1.87 bits per heavy atom. The van der Waals surface area contributed by atoms with Crippen molar-refractivity contribution in [3.05, 3.63) is 94.3 Å². The Hall–Kier alpha value is -4.05. The number of morpholine rings is 1. The Labute approximate surface area is 367 Å². The molecule has 2 aromatic carbocycles. The molecule has 334 valence electrons. The maximum atomic E-state index is 15.2. The molecule has 8 atom stereocenters. The number of benzene rings is 2. The lowest BCUT2D eigenvalue weighted by atomic mass is 9.68. The number of fused-ring (bicyclic) bond motifs is 5. The molecule has 1 unspecified atom stereocenters. The highest BCUT2D eigenvalue weighted by Gasteiger charge is 2.44. The number of carbonyl (C=O) groups excluding carboxylic acids is 2. The predicted octanol–water partition coefficient (Wildman–Crippen LogP) is 5.54. The van der Waals surface area contributed by atoms with Crippen molar-refractivity contribution in [3.8, 4) is 5.75 Å². The van der Waals surface area contributed by atoms with Gasteiger partial charge in [0, 0.05) is 96.0 Å². The molecule has 0 radical (unpaired) electrons. The molecule has 62 heavy (non-hydrogen) atoms. The van der Waals surface area contributed by atoms with E-state index < -0.39 is 27.8 Å². The second kappa shape index (κ2) is 17.8. The molecule has 3 aromatic rings. The van der Waals surface area contributed by atoms with Gasteiger partial charge in [0.25, 0.3) is 11.8 Å². The number of aromatic nitrogens is 1. The Morgan fingerprint density at radius 1 is 1.03 bits per heavy atom. The monoisotopic (exact) mass is 868 g/mol. The van der Waals surface area contributed by atoms with Crippen LogP contribution in [0.25, 0.3) is 0 Å². The van der Waals surface area contributed by atoms with E-state index in [-0.39, 0.29) is 29.1 Å². The molecule has 2 amide bonds. The first kappa shape index (κ1) is 43.2. The van der Waals surface area contributed by atoms with Crippen LogP contribution in [0.4, 0.5) is 5.69 Å². The SMILES string of the molecule is CO[C@H]1/C=C/[C@H](OC)[C@H](C)CS(=O)(NC(=O)c2cc(CN3CCN4CCOC[C@@H]4C3)n(C)c2)=NC(=O)c2ccc3c(c2)N(C[C@@H]2CC[C@H]21)C[C@@]1(CCCc2cc(C)ccc21)CO3. The molecule has 3 fully saturated rings. The largest absolute Gasteiger partial charge is 0.490 e. The van der Waals surface area contributed by atoms with Crippen molar-refractivity contribution in [2.45, 2.75) is 76.2 Å². The van der Waals surface area contributed by atoms with Crippen LogP contribution in [-0.4, -0.2) is 128 Å². The molecule has 4 aliphatic heterocycles. The number of anilines is 1. The molecule has 6 aliphatic rings. The quantitative estimate of drug-likeness (QED) is 0.316. The van der Waals surface area contributed by atoms with Crippen molar-refractivity contribution in [2.24, 2.45) is 29.2 Å². The maximum Gasteiger partial charge on any atom is 0.286 e. The van der Waals surface area contributed by atoms with Gasteiger partial charge in [-0.2, -0.15) is 0 Å². The highest BCUT2D eigenvalue weighted by atomic mass is 32.2. The van der Waals surface area contributed by atoms with Crippen LogP contribution in [0.15, 0.2) is 65.2 Å². The van der Waals surface area contributed by atoms with E-state index in [1.807, 2.05) is 42.8 Å². The van der Waals surface area contributed by atoms with Gasteiger partial charge in [0.2, 0.25) is 0 Å². The van der Waals surface area contributed by atoms with E-state index in [2.05, 4.69) is 55.0 Å². The first-order valence-electron chi connectivity index (χ1n) is 22.6. The summed E-state index contributed by atoms with van der Waals surface area (Å²) in [5.74, 6) is -0.329. The molecule has 1 spiro atoms. The number of hydrogen-bond donors (Lipinski definition) is 1. The molecule has 1 N–H and O–H groups in total. The van der Waals surface area contributed by atoms with Gasteiger partial charge in [-0.1, -0.05) is 42.8 Å². The third-order valence-corrected chi connectivity index (χ3v) is 16.6. The van der Waals surface area contributed by atoms with Crippen LogP contribution in [0.2, 0.25) is 0 Å². The first-order chi connectivity index (χ1) is 29.9. The lowest BCUT2D eigenvalue weighted by Gasteiger charge is -2.46. The van der Waals surface area contributed by atoms with E-state index in [1.165, 1.54) is 16.7 Å². The van der Waals surface area contributed by atoms with Crippen LogP contribution in [0.5, 0.6) is 5.75 Å². The van der Waals surface area contributed by atoms with Gasteiger partial charge in [0.05, 0.1) is 49.0 Å². The summed E-state index contributed by atoms with van der Waals surface area (Å²) in [6, 6.07) is 14.5. The van der Waals surface area contributed by atoms with E-state index in [4.69, 9.17) is 18.9 Å². The summed E-state index contributed by atoms with van der Waals surface area (Å²) in [5, 5.41) is 0. The summed E-state index contributed by atoms with van der Waals surface area (Å²) >= 11 is 0. The van der Waals surface area contributed by atoms with Crippen molar-refractivity contribution in [1.82, 2.24) is 19.1 Å². The van der Waals surface area contributed by atoms with Crippen molar-refractivity contribution < 1.29 is 32.7 Å². The third kappa shape index (κ3) is 8.75. The Bertz CT molecular complexity index is 2320. The van der Waals surface area contributed by atoms with Gasteiger partial charge in [-0.25, -0.2) is 4.21 Å². The maximum absolute atomic E-state index is 15.2. The number of aryl methyl sites for hydroxylation is 3. The minimum absolute atomic E-state index is 0.105. The summed E-state index contributed by atoms with van der Waals surface area (Å²) in [7, 11) is 1.63. The zero-order valence-electron chi connectivity index (χ0n) is 37.1. The summed E-state index contributed by atoms with van der Waals surface area (Å²) in [6.45, 7) is 12.1. The molecule has 1 aromatic heterocycles. The van der Waals surface area contributed by atoms with Crippen molar-refractivity contribution in [3.63, 3.8) is 0 Å². The van der Waals surface area contributed by atoms with E-state index in [1.54, 1.807) is 26.5 Å². The molecule has 13 nitrogen and oxygen atoms in total. The van der Waals surface area contributed by atoms with Gasteiger partial charge in [-0.3, -0.25) is 24.1 Å². The minimum Gasteiger partial charge on any atom is -0.490 e. The zero-order valence-corrected chi connectivity index (χ0v) is 37.9. The molecule has 5 heterocycles. The topological polar surface area (TPSA) is 127 Å². The standard InChI is InChI=1S/C48H64N6O7S/c1-32-8-12-41-34(21-32)7-6-16-48(41)30-54-25-36-9-11-40(36)44(59-5)15-14-43(58-4)33(2)29-62(57,49-46(55)35-10-13-45(61-31-48)42(54)23-35)50-47(56)37-22-38(51(3)24-37)26-52-17-18-53-19-20-60-28-39(53)27-52/h8,10,12-15,21-24,33,36,39-40,43-44H,6-7,9,11,16-20,25-31H2,1-5H3,(H,49,50,55,56,57)/b15-14+/t33-,36+,39+,40-,43+,44+,48+,62?/m1/s1. The van der Waals surface area contributed by atoms with Crippen LogP contribution < -0.4 is 14.4 Å². The van der Waals surface area contributed by atoms with Gasteiger partial charge < -0.3 is 28.4 Å². The molecule has 1 saturated carbocycles. The Kier molecular flexibility index (Phi) is 12.4. The highest BCUT2D eigenvalue weighted by Crippen LogP contribution is 2.47. The molecule has 2 aliphatic carbocycles. The smallest absolute Gasteiger partial charge is 0.286 e. The summed E-state index contributed by atoms with van der Waals surface area (Å²) in [6.07, 6.45) is 10.5. The van der Waals surface area contributed by atoms with Crippen molar-refractivity contribution in [1.29, 1.82) is 0 Å². The lowest BCUT2D eigenvalue weighted by Crippen LogP contribution is -2.57. The molecule has 2 saturated heterocycles. The first-order valence-corrected chi connectivity index (χ1v) is 24.3. The number of methoxy groups -OCH3 is 2. The van der Waals surface area contributed by atoms with Crippen molar-refractivity contribution >= 4 is 27.4 Å². The minimum atomic E-state index is -3.68. The number of piperazine rings is 1. The number of hydrogen-bond acceptors (Lipinski definition) is 10. The molecule has 9 rings (SSSR count). The highest BCUT2D eigenvalue weighted by molar-refractivity contribution is 7.92. The summed E-state index contributed by atoms with van der Waals surface area (Å²) < 4.78 is 48.9. The zero-order chi connectivity index (χ0) is 43.2. The van der Waals surface area contributed by atoms with Gasteiger partial charge >= 0.3 is 0 Å². The number of amides is 2. The van der Waals surface area contributed by atoms with Gasteiger partial charge in [0.15, 0.2) is 0 Å². The number of ether oxygens (including phenoxy) is 4. The van der Waals surface area contributed by atoms with E-state index in [0.29, 0.717) is 36.2 Å². The van der Waals surface area contributed by atoms with E-state index in [9.17, 15) is 9.59 Å². The molecule has 14 heteroatoms. The molecular formula is C48H64N6O7S. The number of carbonyl (C=O) groups is 2. The second-order valence-corrected chi connectivity index (χ2v) is 20.9. The van der Waals surface area contributed by atoms with Crippen LogP contribution >= 0.6 is 0 Å². The Balaban J connectivity index is 1.05. The average molecular weight is 869 g/mol. The third-order valence-electron chi connectivity index (χ3n) is 14.7. The molecule has 2 bridgehead atoms. The fraction of sp³-hybridized carbons (Fsp3) is 0.583. The van der Waals surface area contributed by atoms with Crippen LogP contribution in [0.3, 0.4) is 0 Å². The normalized spacial score (nSPS) is 32.3. The second-order valence-electron chi connectivity index (χ2n) is 18.9. The number of nitrogens with one attached hydrogen (secondary N) is 1. The van der Waals surface area contributed by atoms with Crippen LogP contribution in [0.1, 0.15) is 75.7 Å². The average Bonchev–Trinajstić information content (AvgIpc) is 3.54. The number of nitrogens with zero attached hydrogens (tertiary/aromatic N) is 5. The van der Waals surface area contributed by atoms with Crippen LogP contribution in [-0.2, 0) is 49.6 Å². The number of rotatable bonds is 6. The van der Waals surface area contributed by atoms with E-state index in [0.717, 1.165) is 102 Å². The van der Waals surface area contributed by atoms with Gasteiger partial charge in [-0.05, 0) is 92.2 Å². The fourth-order valence-electron chi connectivity index (χ4n) is 11.1. The van der Waals surface area contributed by atoms with Crippen molar-refractivity contribution in [2.75, 3.05) is 84.0 Å². The lowest BCUT2D eigenvalue weighted by molar-refractivity contribution is -0.0464. The van der Waals surface area contributed by atoms with Crippen LogP contribution in [0, 0.1) is 24.7 Å². The Morgan fingerprint density at radius 3 is 2.68 bits per heavy atom. The fourth-order valence-corrected chi connectivity index (χ4v) is 13.0. The van der Waals surface area contributed by atoms with E-state index >= 15 is 4.21 Å². The van der Waals surface area contributed by atoms with Gasteiger partial charge in [0.1, 0.15) is 15.7 Å². The van der Waals surface area contributed by atoms with Gasteiger partial charge in [-0.15, -0.1) is 4.36 Å². The molecular weight excluding hydrogens is 805 g/mol. The summed E-state index contributed by atoms with van der Waals surface area (Å²) in [5.41, 5.74) is 6.22. The predicted molar refractivity (Wildman–Crippen MR) is 240 cm³/mol.